The van der Waals surface area contributed by atoms with Crippen molar-refractivity contribution in [2.45, 2.75) is 97.9 Å². The Morgan fingerprint density at radius 3 is 1.70 bits per heavy atom. The zero-order valence-corrected chi connectivity index (χ0v) is 15.9. The number of ether oxygens (including phenoxy) is 2. The Kier molecular flexibility index (Phi) is 8.42. The van der Waals surface area contributed by atoms with E-state index in [2.05, 4.69) is 10.6 Å². The molecule has 0 aliphatic heterocycles. The van der Waals surface area contributed by atoms with Crippen LogP contribution >= 0.6 is 0 Å². The number of carbonyl (C=O) groups is 2. The second-order valence-electron chi connectivity index (χ2n) is 7.88. The van der Waals surface area contributed by atoms with E-state index < -0.39 is 23.4 Å². The summed E-state index contributed by atoms with van der Waals surface area (Å²) >= 11 is 0. The van der Waals surface area contributed by atoms with Gasteiger partial charge in [0.1, 0.15) is 11.2 Å². The van der Waals surface area contributed by atoms with Crippen LogP contribution in [0.15, 0.2) is 0 Å². The summed E-state index contributed by atoms with van der Waals surface area (Å²) in [6.45, 7) is 14.9. The number of alkyl carbamates (subject to hydrolysis) is 2. The molecule has 23 heavy (non-hydrogen) atoms. The first kappa shape index (κ1) is 21.5. The van der Waals surface area contributed by atoms with Crippen LogP contribution in [0.3, 0.4) is 0 Å². The standard InChI is InChI=1S/C17H34N2O4/c1-9-13(19-15(21)23-17(6,7)8)11-10-12(2)18-14(20)22-16(3,4)5/h12-13H,9-11H2,1-8H3,(H,18,20)(H,19,21). The highest BCUT2D eigenvalue weighted by Crippen LogP contribution is 2.11. The number of carbonyl (C=O) groups excluding carboxylic acids is 2. The molecule has 136 valence electrons. The van der Waals surface area contributed by atoms with Gasteiger partial charge < -0.3 is 20.1 Å². The molecular weight excluding hydrogens is 296 g/mol. The molecule has 2 unspecified atom stereocenters. The fourth-order valence-corrected chi connectivity index (χ4v) is 1.88. The monoisotopic (exact) mass is 330 g/mol. The Balaban J connectivity index is 4.20. The molecule has 0 aliphatic rings. The minimum absolute atomic E-state index is 0.0211. The van der Waals surface area contributed by atoms with Crippen LogP contribution in [0.5, 0.6) is 0 Å². The van der Waals surface area contributed by atoms with Crippen LogP contribution in [-0.4, -0.2) is 35.5 Å². The third-order valence-corrected chi connectivity index (χ3v) is 2.92. The lowest BCUT2D eigenvalue weighted by atomic mass is 10.1. The van der Waals surface area contributed by atoms with Crippen molar-refractivity contribution in [1.82, 2.24) is 10.6 Å². The summed E-state index contributed by atoms with van der Waals surface area (Å²) in [4.78, 5) is 23.5. The zero-order valence-electron chi connectivity index (χ0n) is 15.9. The van der Waals surface area contributed by atoms with E-state index in [1.54, 1.807) is 0 Å². The molecule has 0 bridgehead atoms. The number of rotatable bonds is 6. The van der Waals surface area contributed by atoms with Gasteiger partial charge >= 0.3 is 12.2 Å². The Bertz CT molecular complexity index is 383. The lowest BCUT2D eigenvalue weighted by Gasteiger charge is -2.25. The van der Waals surface area contributed by atoms with Crippen molar-refractivity contribution < 1.29 is 19.1 Å². The van der Waals surface area contributed by atoms with Gasteiger partial charge in [-0.05, 0) is 67.7 Å². The van der Waals surface area contributed by atoms with Gasteiger partial charge in [-0.25, -0.2) is 9.59 Å². The second-order valence-corrected chi connectivity index (χ2v) is 7.88. The maximum absolute atomic E-state index is 11.8. The van der Waals surface area contributed by atoms with Crippen molar-refractivity contribution in [1.29, 1.82) is 0 Å². The molecule has 0 aromatic rings. The molecule has 0 radical (unpaired) electrons. The Morgan fingerprint density at radius 2 is 1.30 bits per heavy atom. The molecule has 0 saturated carbocycles. The smallest absolute Gasteiger partial charge is 0.407 e. The summed E-state index contributed by atoms with van der Waals surface area (Å²) < 4.78 is 10.5. The average Bonchev–Trinajstić information content (AvgIpc) is 2.29. The normalized spacial score (nSPS) is 14.6. The third kappa shape index (κ3) is 12.7. The fraction of sp³-hybridized carbons (Fsp3) is 0.882. The summed E-state index contributed by atoms with van der Waals surface area (Å²) in [5.74, 6) is 0. The first-order chi connectivity index (χ1) is 10.3. The molecule has 0 spiro atoms. The SMILES string of the molecule is CCC(CCC(C)NC(=O)OC(C)(C)C)NC(=O)OC(C)(C)C. The maximum Gasteiger partial charge on any atom is 0.407 e. The van der Waals surface area contributed by atoms with E-state index in [9.17, 15) is 9.59 Å². The predicted octanol–water partition coefficient (Wildman–Crippen LogP) is 3.98. The van der Waals surface area contributed by atoms with Gasteiger partial charge in [-0.15, -0.1) is 0 Å². The number of amides is 2. The summed E-state index contributed by atoms with van der Waals surface area (Å²) in [6.07, 6.45) is 1.48. The quantitative estimate of drug-likeness (QED) is 0.772. The van der Waals surface area contributed by atoms with Gasteiger partial charge in [-0.2, -0.15) is 0 Å². The number of nitrogens with one attached hydrogen (secondary N) is 2. The minimum atomic E-state index is -0.506. The van der Waals surface area contributed by atoms with Gasteiger partial charge in [0, 0.05) is 12.1 Å². The van der Waals surface area contributed by atoms with Crippen LogP contribution in [0.4, 0.5) is 9.59 Å². The Morgan fingerprint density at radius 1 is 0.870 bits per heavy atom. The molecule has 6 nitrogen and oxygen atoms in total. The second kappa shape index (κ2) is 8.99. The lowest BCUT2D eigenvalue weighted by molar-refractivity contribution is 0.0476. The van der Waals surface area contributed by atoms with Gasteiger partial charge in [-0.3, -0.25) is 0 Å². The minimum Gasteiger partial charge on any atom is -0.444 e. The number of hydrogen-bond donors (Lipinski definition) is 2. The van der Waals surface area contributed by atoms with E-state index >= 15 is 0 Å². The van der Waals surface area contributed by atoms with Crippen LogP contribution < -0.4 is 10.6 Å². The summed E-state index contributed by atoms with van der Waals surface area (Å²) in [6, 6.07) is -0.00734. The van der Waals surface area contributed by atoms with Gasteiger partial charge in [0.2, 0.25) is 0 Å². The van der Waals surface area contributed by atoms with Crippen molar-refractivity contribution in [3.05, 3.63) is 0 Å². The molecule has 0 rings (SSSR count). The molecule has 0 fully saturated rings. The zero-order chi connectivity index (χ0) is 18.3. The maximum atomic E-state index is 11.8. The highest BCUT2D eigenvalue weighted by atomic mass is 16.6. The topological polar surface area (TPSA) is 76.7 Å². The summed E-state index contributed by atoms with van der Waals surface area (Å²) in [5.41, 5.74) is -1.01. The van der Waals surface area contributed by atoms with Crippen molar-refractivity contribution in [2.75, 3.05) is 0 Å². The highest BCUT2D eigenvalue weighted by molar-refractivity contribution is 5.68. The molecular formula is C17H34N2O4. The largest absolute Gasteiger partial charge is 0.444 e. The fourth-order valence-electron chi connectivity index (χ4n) is 1.88. The van der Waals surface area contributed by atoms with Crippen LogP contribution in [0.25, 0.3) is 0 Å². The molecule has 0 aromatic carbocycles. The molecule has 0 aliphatic carbocycles. The van der Waals surface area contributed by atoms with Gasteiger partial charge in [0.25, 0.3) is 0 Å². The predicted molar refractivity (Wildman–Crippen MR) is 91.5 cm³/mol. The van der Waals surface area contributed by atoms with E-state index in [1.807, 2.05) is 55.4 Å². The van der Waals surface area contributed by atoms with Crippen LogP contribution in [0.2, 0.25) is 0 Å². The van der Waals surface area contributed by atoms with Crippen molar-refractivity contribution in [2.24, 2.45) is 0 Å². The van der Waals surface area contributed by atoms with E-state index in [0.717, 1.165) is 19.3 Å². The third-order valence-electron chi connectivity index (χ3n) is 2.92. The Hall–Kier alpha value is -1.46. The summed E-state index contributed by atoms with van der Waals surface area (Å²) in [7, 11) is 0. The number of hydrogen-bond acceptors (Lipinski definition) is 4. The molecule has 2 amide bonds. The van der Waals surface area contributed by atoms with E-state index in [1.165, 1.54) is 0 Å². The van der Waals surface area contributed by atoms with Crippen molar-refractivity contribution in [3.8, 4) is 0 Å². The highest BCUT2D eigenvalue weighted by Gasteiger charge is 2.20. The first-order valence-electron chi connectivity index (χ1n) is 8.31. The van der Waals surface area contributed by atoms with E-state index in [4.69, 9.17) is 9.47 Å². The van der Waals surface area contributed by atoms with Crippen LogP contribution in [0.1, 0.15) is 74.7 Å². The van der Waals surface area contributed by atoms with Gasteiger partial charge in [0.05, 0.1) is 0 Å². The summed E-state index contributed by atoms with van der Waals surface area (Å²) in [5, 5.41) is 5.67. The molecule has 0 heterocycles. The van der Waals surface area contributed by atoms with Gasteiger partial charge in [-0.1, -0.05) is 6.92 Å². The lowest BCUT2D eigenvalue weighted by Crippen LogP contribution is -2.41. The van der Waals surface area contributed by atoms with Crippen LogP contribution in [-0.2, 0) is 9.47 Å². The average molecular weight is 330 g/mol. The van der Waals surface area contributed by atoms with Crippen molar-refractivity contribution in [3.63, 3.8) is 0 Å². The molecule has 2 N–H and O–H groups in total. The molecule has 0 saturated heterocycles. The molecule has 0 aromatic heterocycles. The van der Waals surface area contributed by atoms with E-state index in [-0.39, 0.29) is 12.1 Å². The van der Waals surface area contributed by atoms with Crippen molar-refractivity contribution >= 4 is 12.2 Å². The van der Waals surface area contributed by atoms with Gasteiger partial charge in [0.15, 0.2) is 0 Å². The Labute approximate surface area is 140 Å². The first-order valence-corrected chi connectivity index (χ1v) is 8.31. The molecule has 2 atom stereocenters. The van der Waals surface area contributed by atoms with E-state index in [0.29, 0.717) is 0 Å². The molecule has 6 heteroatoms. The van der Waals surface area contributed by atoms with Crippen LogP contribution in [0, 0.1) is 0 Å².